The second-order valence-corrected chi connectivity index (χ2v) is 4.51. The molecule has 0 aliphatic carbocycles. The number of hydrogen-bond donors (Lipinski definition) is 2. The van der Waals surface area contributed by atoms with E-state index in [1.54, 1.807) is 0 Å². The first-order valence-corrected chi connectivity index (χ1v) is 6.66. The van der Waals surface area contributed by atoms with Crippen molar-refractivity contribution in [2.45, 2.75) is 0 Å². The van der Waals surface area contributed by atoms with Gasteiger partial charge in [0.1, 0.15) is 0 Å². The van der Waals surface area contributed by atoms with Crippen LogP contribution < -0.4 is 10.6 Å². The Kier molecular flexibility index (Phi) is 5.18. The SMILES string of the molecule is CNc1ccccc1C(=O)NCCN1CCOCC1. The maximum atomic E-state index is 12.1. The van der Waals surface area contributed by atoms with Gasteiger partial charge in [0.2, 0.25) is 0 Å². The minimum absolute atomic E-state index is 0.0294. The number of ether oxygens (including phenoxy) is 1. The molecular formula is C14H21N3O2. The molecule has 1 aliphatic heterocycles. The van der Waals surface area contributed by atoms with Crippen LogP contribution in [0.15, 0.2) is 24.3 Å². The smallest absolute Gasteiger partial charge is 0.253 e. The monoisotopic (exact) mass is 263 g/mol. The zero-order valence-corrected chi connectivity index (χ0v) is 11.3. The summed E-state index contributed by atoms with van der Waals surface area (Å²) in [6.07, 6.45) is 0. The third-order valence-electron chi connectivity index (χ3n) is 3.26. The molecule has 1 aromatic carbocycles. The number of amides is 1. The van der Waals surface area contributed by atoms with Crippen LogP contribution in [0.5, 0.6) is 0 Å². The molecule has 19 heavy (non-hydrogen) atoms. The van der Waals surface area contributed by atoms with E-state index in [-0.39, 0.29) is 5.91 Å². The molecule has 0 radical (unpaired) electrons. The van der Waals surface area contributed by atoms with Crippen LogP contribution in [0.3, 0.4) is 0 Å². The van der Waals surface area contributed by atoms with E-state index in [2.05, 4.69) is 15.5 Å². The summed E-state index contributed by atoms with van der Waals surface area (Å²) in [5, 5.41) is 5.99. The highest BCUT2D eigenvalue weighted by molar-refractivity contribution is 5.99. The van der Waals surface area contributed by atoms with Crippen LogP contribution in [-0.4, -0.2) is 57.2 Å². The van der Waals surface area contributed by atoms with Gasteiger partial charge in [0.05, 0.1) is 18.8 Å². The summed E-state index contributed by atoms with van der Waals surface area (Å²) in [6, 6.07) is 7.51. The molecule has 2 N–H and O–H groups in total. The fourth-order valence-electron chi connectivity index (χ4n) is 2.15. The van der Waals surface area contributed by atoms with Crippen molar-refractivity contribution >= 4 is 11.6 Å². The summed E-state index contributed by atoms with van der Waals surface area (Å²) >= 11 is 0. The largest absolute Gasteiger partial charge is 0.387 e. The predicted octanol–water partition coefficient (Wildman–Crippen LogP) is 0.790. The Bertz CT molecular complexity index is 417. The Morgan fingerprint density at radius 2 is 2.05 bits per heavy atom. The molecule has 1 aromatic rings. The zero-order valence-electron chi connectivity index (χ0n) is 11.3. The summed E-state index contributed by atoms with van der Waals surface area (Å²) in [5.41, 5.74) is 1.54. The van der Waals surface area contributed by atoms with Crippen molar-refractivity contribution in [1.82, 2.24) is 10.2 Å². The van der Waals surface area contributed by atoms with Crippen LogP contribution in [0.4, 0.5) is 5.69 Å². The predicted molar refractivity (Wildman–Crippen MR) is 75.6 cm³/mol. The lowest BCUT2D eigenvalue weighted by molar-refractivity contribution is 0.0383. The van der Waals surface area contributed by atoms with E-state index in [1.165, 1.54) is 0 Å². The van der Waals surface area contributed by atoms with Crippen LogP contribution in [0.1, 0.15) is 10.4 Å². The van der Waals surface area contributed by atoms with E-state index in [1.807, 2.05) is 31.3 Å². The first kappa shape index (κ1) is 13.8. The number of carbonyl (C=O) groups is 1. The van der Waals surface area contributed by atoms with Crippen molar-refractivity contribution in [3.05, 3.63) is 29.8 Å². The maximum Gasteiger partial charge on any atom is 0.253 e. The number of carbonyl (C=O) groups excluding carboxylic acids is 1. The third kappa shape index (κ3) is 3.94. The number of hydrogen-bond acceptors (Lipinski definition) is 4. The average molecular weight is 263 g/mol. The minimum Gasteiger partial charge on any atom is -0.387 e. The van der Waals surface area contributed by atoms with Gasteiger partial charge in [0, 0.05) is 38.9 Å². The summed E-state index contributed by atoms with van der Waals surface area (Å²) in [4.78, 5) is 14.4. The van der Waals surface area contributed by atoms with E-state index < -0.39 is 0 Å². The average Bonchev–Trinajstić information content (AvgIpc) is 2.48. The fraction of sp³-hybridized carbons (Fsp3) is 0.500. The van der Waals surface area contributed by atoms with Gasteiger partial charge in [-0.15, -0.1) is 0 Å². The molecule has 1 heterocycles. The number of para-hydroxylation sites is 1. The fourth-order valence-corrected chi connectivity index (χ4v) is 2.15. The van der Waals surface area contributed by atoms with Crippen LogP contribution >= 0.6 is 0 Å². The Balaban J connectivity index is 1.80. The van der Waals surface area contributed by atoms with Gasteiger partial charge >= 0.3 is 0 Å². The van der Waals surface area contributed by atoms with Gasteiger partial charge in [-0.1, -0.05) is 12.1 Å². The molecule has 104 valence electrons. The molecule has 0 saturated carbocycles. The molecule has 0 atom stereocenters. The molecule has 5 heteroatoms. The van der Waals surface area contributed by atoms with Crippen molar-refractivity contribution in [1.29, 1.82) is 0 Å². The molecule has 0 bridgehead atoms. The lowest BCUT2D eigenvalue weighted by Gasteiger charge is -2.26. The van der Waals surface area contributed by atoms with Gasteiger partial charge in [0.15, 0.2) is 0 Å². The number of nitrogens with zero attached hydrogens (tertiary/aromatic N) is 1. The van der Waals surface area contributed by atoms with Crippen molar-refractivity contribution < 1.29 is 9.53 Å². The third-order valence-corrected chi connectivity index (χ3v) is 3.26. The maximum absolute atomic E-state index is 12.1. The molecule has 1 saturated heterocycles. The highest BCUT2D eigenvalue weighted by atomic mass is 16.5. The molecule has 5 nitrogen and oxygen atoms in total. The Labute approximate surface area is 113 Å². The number of anilines is 1. The number of rotatable bonds is 5. The first-order valence-electron chi connectivity index (χ1n) is 6.66. The Hall–Kier alpha value is -1.59. The van der Waals surface area contributed by atoms with Crippen LogP contribution in [-0.2, 0) is 4.74 Å². The van der Waals surface area contributed by atoms with Gasteiger partial charge < -0.3 is 15.4 Å². The molecular weight excluding hydrogens is 242 g/mol. The van der Waals surface area contributed by atoms with Crippen molar-refractivity contribution in [2.75, 3.05) is 51.8 Å². The number of nitrogens with one attached hydrogen (secondary N) is 2. The van der Waals surface area contributed by atoms with Crippen LogP contribution in [0.2, 0.25) is 0 Å². The second kappa shape index (κ2) is 7.11. The summed E-state index contributed by atoms with van der Waals surface area (Å²) < 4.78 is 5.29. The Morgan fingerprint density at radius 1 is 1.32 bits per heavy atom. The van der Waals surface area contributed by atoms with Crippen LogP contribution in [0, 0.1) is 0 Å². The topological polar surface area (TPSA) is 53.6 Å². The van der Waals surface area contributed by atoms with Gasteiger partial charge in [-0.3, -0.25) is 9.69 Å². The zero-order chi connectivity index (χ0) is 13.5. The van der Waals surface area contributed by atoms with E-state index in [0.717, 1.165) is 38.5 Å². The first-order chi connectivity index (χ1) is 9.31. The molecule has 0 spiro atoms. The van der Waals surface area contributed by atoms with E-state index in [9.17, 15) is 4.79 Å². The molecule has 2 rings (SSSR count). The molecule has 0 unspecified atom stereocenters. The molecule has 1 aliphatic rings. The lowest BCUT2D eigenvalue weighted by atomic mass is 10.1. The van der Waals surface area contributed by atoms with Crippen molar-refractivity contribution in [3.63, 3.8) is 0 Å². The van der Waals surface area contributed by atoms with Crippen LogP contribution in [0.25, 0.3) is 0 Å². The van der Waals surface area contributed by atoms with Crippen molar-refractivity contribution in [2.24, 2.45) is 0 Å². The number of morpholine rings is 1. The second-order valence-electron chi connectivity index (χ2n) is 4.51. The summed E-state index contributed by atoms with van der Waals surface area (Å²) in [7, 11) is 1.82. The van der Waals surface area contributed by atoms with E-state index in [0.29, 0.717) is 12.1 Å². The number of benzene rings is 1. The molecule has 0 aromatic heterocycles. The molecule has 1 fully saturated rings. The molecule has 1 amide bonds. The van der Waals surface area contributed by atoms with Gasteiger partial charge in [-0.2, -0.15) is 0 Å². The van der Waals surface area contributed by atoms with Crippen molar-refractivity contribution in [3.8, 4) is 0 Å². The standard InChI is InChI=1S/C14H21N3O2/c1-15-13-5-3-2-4-12(13)14(18)16-6-7-17-8-10-19-11-9-17/h2-5,15H,6-11H2,1H3,(H,16,18). The highest BCUT2D eigenvalue weighted by Crippen LogP contribution is 2.13. The van der Waals surface area contributed by atoms with Gasteiger partial charge in [0.25, 0.3) is 5.91 Å². The van der Waals surface area contributed by atoms with Gasteiger partial charge in [-0.05, 0) is 12.1 Å². The minimum atomic E-state index is -0.0294. The summed E-state index contributed by atoms with van der Waals surface area (Å²) in [5.74, 6) is -0.0294. The van der Waals surface area contributed by atoms with Gasteiger partial charge in [-0.25, -0.2) is 0 Å². The quantitative estimate of drug-likeness (QED) is 0.825. The normalized spacial score (nSPS) is 16.1. The Morgan fingerprint density at radius 3 is 2.79 bits per heavy atom. The van der Waals surface area contributed by atoms with E-state index in [4.69, 9.17) is 4.74 Å². The van der Waals surface area contributed by atoms with E-state index >= 15 is 0 Å². The summed E-state index contributed by atoms with van der Waals surface area (Å²) in [6.45, 7) is 5.01. The highest BCUT2D eigenvalue weighted by Gasteiger charge is 2.12. The lowest BCUT2D eigenvalue weighted by Crippen LogP contribution is -2.41.